The second-order valence-corrected chi connectivity index (χ2v) is 15.3. The van der Waals surface area contributed by atoms with Gasteiger partial charge in [0.15, 0.2) is 8.32 Å². The number of aliphatic hydroxyl groups is 1. The lowest BCUT2D eigenvalue weighted by molar-refractivity contribution is -0.156. The molecule has 0 aromatic heterocycles. The Kier molecular flexibility index (Phi) is 11.6. The summed E-state index contributed by atoms with van der Waals surface area (Å²) in [7, 11) is -2.16. The Hall–Kier alpha value is -2.02. The van der Waals surface area contributed by atoms with Gasteiger partial charge in [-0.3, -0.25) is 0 Å². The maximum atomic E-state index is 11.3. The molecular formula is C30H44O4Si. The predicted octanol–water partition coefficient (Wildman–Crippen LogP) is 7.06. The lowest BCUT2D eigenvalue weighted by atomic mass is 9.98. The summed E-state index contributed by atoms with van der Waals surface area (Å²) in [5, 5.41) is 11.3. The Labute approximate surface area is 213 Å². The van der Waals surface area contributed by atoms with Crippen molar-refractivity contribution in [2.45, 2.75) is 89.4 Å². The fourth-order valence-electron chi connectivity index (χ4n) is 3.55. The van der Waals surface area contributed by atoms with Crippen molar-refractivity contribution in [2.75, 3.05) is 0 Å². The number of allylic oxidation sites excluding steroid dienone is 1. The van der Waals surface area contributed by atoms with Crippen LogP contribution in [0.3, 0.4) is 0 Å². The molecule has 0 fully saturated rings. The van der Waals surface area contributed by atoms with E-state index in [0.717, 1.165) is 11.1 Å². The van der Waals surface area contributed by atoms with Crippen molar-refractivity contribution in [3.8, 4) is 0 Å². The van der Waals surface area contributed by atoms with Gasteiger partial charge in [0.2, 0.25) is 0 Å². The highest BCUT2D eigenvalue weighted by Crippen LogP contribution is 2.38. The molecule has 192 valence electrons. The smallest absolute Gasteiger partial charge is 0.193 e. The normalized spacial score (nSPS) is 15.7. The van der Waals surface area contributed by atoms with Gasteiger partial charge in [-0.05, 0) is 42.1 Å². The first kappa shape index (κ1) is 29.2. The fourth-order valence-corrected chi connectivity index (χ4v) is 4.82. The summed E-state index contributed by atoms with van der Waals surface area (Å²) in [6, 6.07) is 20.0. The van der Waals surface area contributed by atoms with Gasteiger partial charge in [-0.15, -0.1) is 13.2 Å². The molecule has 0 saturated heterocycles. The van der Waals surface area contributed by atoms with Crippen LogP contribution in [0.5, 0.6) is 0 Å². The number of hydrogen-bond donors (Lipinski definition) is 1. The number of rotatable bonds is 15. The highest BCUT2D eigenvalue weighted by molar-refractivity contribution is 6.74. The molecule has 2 aromatic rings. The second-order valence-electron chi connectivity index (χ2n) is 10.5. The Balaban J connectivity index is 2.38. The highest BCUT2D eigenvalue weighted by Gasteiger charge is 2.43. The molecule has 35 heavy (non-hydrogen) atoms. The Morgan fingerprint density at radius 1 is 0.857 bits per heavy atom. The minimum Gasteiger partial charge on any atom is -0.408 e. The van der Waals surface area contributed by atoms with E-state index < -0.39 is 32.7 Å². The van der Waals surface area contributed by atoms with E-state index in [1.165, 1.54) is 0 Å². The second kappa shape index (κ2) is 13.9. The van der Waals surface area contributed by atoms with Crippen molar-refractivity contribution < 1.29 is 19.0 Å². The summed E-state index contributed by atoms with van der Waals surface area (Å²) in [5.74, 6) is 0. The maximum Gasteiger partial charge on any atom is 0.193 e. The van der Waals surface area contributed by atoms with Crippen LogP contribution in [0.25, 0.3) is 0 Å². The number of ether oxygens (including phenoxy) is 2. The van der Waals surface area contributed by atoms with Gasteiger partial charge in [-0.1, -0.05) is 93.6 Å². The lowest BCUT2D eigenvalue weighted by Gasteiger charge is -2.42. The van der Waals surface area contributed by atoms with E-state index in [2.05, 4.69) is 47.0 Å². The first-order valence-corrected chi connectivity index (χ1v) is 15.4. The van der Waals surface area contributed by atoms with Gasteiger partial charge < -0.3 is 19.0 Å². The Bertz CT molecular complexity index is 876. The molecular weight excluding hydrogens is 452 g/mol. The van der Waals surface area contributed by atoms with Crippen molar-refractivity contribution >= 4 is 8.32 Å². The van der Waals surface area contributed by atoms with E-state index in [-0.39, 0.29) is 5.04 Å². The largest absolute Gasteiger partial charge is 0.408 e. The molecule has 4 atom stereocenters. The van der Waals surface area contributed by atoms with Crippen LogP contribution < -0.4 is 0 Å². The Morgan fingerprint density at radius 3 is 1.77 bits per heavy atom. The molecule has 0 aliphatic carbocycles. The van der Waals surface area contributed by atoms with Crippen LogP contribution in [0.15, 0.2) is 86.0 Å². The molecule has 2 aromatic carbocycles. The van der Waals surface area contributed by atoms with Gasteiger partial charge in [0.1, 0.15) is 12.2 Å². The van der Waals surface area contributed by atoms with Crippen LogP contribution in [-0.4, -0.2) is 37.8 Å². The SMILES string of the molecule is C=CCCC(O)[C@H](OCc1ccccc1)[C@@H](OCc1ccccc1)[C@@H](C=C)O[Si](C)(C)C(C)(C)C. The van der Waals surface area contributed by atoms with Crippen LogP contribution in [0, 0.1) is 0 Å². The molecule has 0 spiro atoms. The summed E-state index contributed by atoms with van der Waals surface area (Å²) in [5.41, 5.74) is 2.09. The van der Waals surface area contributed by atoms with E-state index in [9.17, 15) is 5.11 Å². The number of benzene rings is 2. The molecule has 1 N–H and O–H groups in total. The van der Waals surface area contributed by atoms with E-state index >= 15 is 0 Å². The van der Waals surface area contributed by atoms with Crippen LogP contribution >= 0.6 is 0 Å². The average molecular weight is 497 g/mol. The van der Waals surface area contributed by atoms with Crippen LogP contribution in [0.1, 0.15) is 44.7 Å². The summed E-state index contributed by atoms with van der Waals surface area (Å²) in [6.07, 6.45) is 2.50. The average Bonchev–Trinajstić information content (AvgIpc) is 2.83. The molecule has 0 bridgehead atoms. The third-order valence-corrected chi connectivity index (χ3v) is 11.2. The van der Waals surface area contributed by atoms with Crippen molar-refractivity contribution in [1.82, 2.24) is 0 Å². The molecule has 5 heteroatoms. The molecule has 0 saturated carbocycles. The van der Waals surface area contributed by atoms with Gasteiger partial charge in [0, 0.05) is 0 Å². The minimum atomic E-state index is -2.16. The molecule has 0 amide bonds. The summed E-state index contributed by atoms with van der Waals surface area (Å²) in [4.78, 5) is 0. The molecule has 0 aliphatic heterocycles. The molecule has 1 unspecified atom stereocenters. The fraction of sp³-hybridized carbons (Fsp3) is 0.467. The van der Waals surface area contributed by atoms with Crippen LogP contribution in [0.4, 0.5) is 0 Å². The van der Waals surface area contributed by atoms with Gasteiger partial charge in [-0.2, -0.15) is 0 Å². The van der Waals surface area contributed by atoms with Crippen molar-refractivity contribution in [2.24, 2.45) is 0 Å². The van der Waals surface area contributed by atoms with Gasteiger partial charge >= 0.3 is 0 Å². The van der Waals surface area contributed by atoms with Crippen molar-refractivity contribution in [1.29, 1.82) is 0 Å². The Morgan fingerprint density at radius 2 is 1.34 bits per heavy atom. The van der Waals surface area contributed by atoms with Crippen molar-refractivity contribution in [3.63, 3.8) is 0 Å². The van der Waals surface area contributed by atoms with Gasteiger partial charge in [-0.25, -0.2) is 0 Å². The molecule has 0 heterocycles. The van der Waals surface area contributed by atoms with E-state index in [1.807, 2.05) is 66.7 Å². The zero-order chi connectivity index (χ0) is 25.9. The van der Waals surface area contributed by atoms with E-state index in [1.54, 1.807) is 6.08 Å². The topological polar surface area (TPSA) is 47.9 Å². The monoisotopic (exact) mass is 496 g/mol. The first-order valence-electron chi connectivity index (χ1n) is 12.5. The maximum absolute atomic E-state index is 11.3. The molecule has 4 nitrogen and oxygen atoms in total. The number of hydrogen-bond acceptors (Lipinski definition) is 4. The van der Waals surface area contributed by atoms with Crippen molar-refractivity contribution in [3.05, 3.63) is 97.1 Å². The molecule has 0 aliphatic rings. The van der Waals surface area contributed by atoms with E-state index in [4.69, 9.17) is 13.9 Å². The van der Waals surface area contributed by atoms with Crippen LogP contribution in [-0.2, 0) is 27.1 Å². The summed E-state index contributed by atoms with van der Waals surface area (Å²) in [6.45, 7) is 19.7. The highest BCUT2D eigenvalue weighted by atomic mass is 28.4. The molecule has 0 radical (unpaired) electrons. The quantitative estimate of drug-likeness (QED) is 0.212. The van der Waals surface area contributed by atoms with Gasteiger partial charge in [0.25, 0.3) is 0 Å². The zero-order valence-electron chi connectivity index (χ0n) is 22.2. The van der Waals surface area contributed by atoms with Crippen LogP contribution in [0.2, 0.25) is 18.1 Å². The standard InChI is InChI=1S/C30H44O4Si/c1-8-10-21-26(31)28(32-22-24-17-13-11-14-18-24)29(33-23-25-19-15-12-16-20-25)27(9-2)34-35(6,7)30(3,4)5/h8-9,11-20,26-29,31H,1-2,10,21-23H2,3-7H3/t26?,27-,28+,29+/m1/s1. The predicted molar refractivity (Wildman–Crippen MR) is 148 cm³/mol. The third-order valence-electron chi connectivity index (χ3n) is 6.73. The first-order chi connectivity index (χ1) is 16.6. The number of aliphatic hydroxyl groups excluding tert-OH is 1. The zero-order valence-corrected chi connectivity index (χ0v) is 23.2. The van der Waals surface area contributed by atoms with Gasteiger partial charge in [0.05, 0.1) is 25.4 Å². The minimum absolute atomic E-state index is 0.0140. The summed E-state index contributed by atoms with van der Waals surface area (Å²) < 4.78 is 19.7. The summed E-state index contributed by atoms with van der Waals surface area (Å²) >= 11 is 0. The lowest BCUT2D eigenvalue weighted by Crippen LogP contribution is -2.53. The third kappa shape index (κ3) is 9.17. The molecule has 2 rings (SSSR count). The van der Waals surface area contributed by atoms with E-state index in [0.29, 0.717) is 26.1 Å².